The average Bonchev–Trinajstić information content (AvgIpc) is 2.66. The fourth-order valence-corrected chi connectivity index (χ4v) is 2.85. The molecule has 5 nitrogen and oxygen atoms in total. The van der Waals surface area contributed by atoms with Gasteiger partial charge in [-0.25, -0.2) is 4.79 Å². The fourth-order valence-electron chi connectivity index (χ4n) is 2.85. The van der Waals surface area contributed by atoms with Crippen molar-refractivity contribution < 1.29 is 19.5 Å². The Labute approximate surface area is 159 Å². The van der Waals surface area contributed by atoms with E-state index in [0.717, 1.165) is 0 Å². The second-order valence-corrected chi connectivity index (χ2v) is 7.07. The van der Waals surface area contributed by atoms with Crippen LogP contribution in [0.4, 0.5) is 0 Å². The molecule has 0 heterocycles. The molecule has 27 heavy (non-hydrogen) atoms. The summed E-state index contributed by atoms with van der Waals surface area (Å²) in [6, 6.07) is 14.9. The highest BCUT2D eigenvalue weighted by atomic mass is 16.4. The number of nitrogens with one attached hydrogen (secondary N) is 1. The molecule has 0 fully saturated rings. The van der Waals surface area contributed by atoms with Crippen LogP contribution in [-0.4, -0.2) is 28.8 Å². The van der Waals surface area contributed by atoms with Gasteiger partial charge in [0.2, 0.25) is 5.91 Å². The van der Waals surface area contributed by atoms with Crippen molar-refractivity contribution in [3.8, 4) is 0 Å². The summed E-state index contributed by atoms with van der Waals surface area (Å²) in [6.45, 7) is 5.52. The number of ketones is 1. The molecule has 2 unspecified atom stereocenters. The molecule has 142 valence electrons. The van der Waals surface area contributed by atoms with Crippen LogP contribution < -0.4 is 5.32 Å². The third-order valence-corrected chi connectivity index (χ3v) is 4.40. The summed E-state index contributed by atoms with van der Waals surface area (Å²) < 4.78 is 0. The van der Waals surface area contributed by atoms with E-state index in [0.29, 0.717) is 23.1 Å². The maximum absolute atomic E-state index is 12.6. The summed E-state index contributed by atoms with van der Waals surface area (Å²) in [5, 5.41) is 11.9. The van der Waals surface area contributed by atoms with Crippen molar-refractivity contribution in [2.75, 3.05) is 0 Å². The van der Waals surface area contributed by atoms with Gasteiger partial charge in [0.05, 0.1) is 5.92 Å². The second kappa shape index (κ2) is 9.12. The molecule has 2 atom stereocenters. The molecule has 0 aliphatic carbocycles. The zero-order chi connectivity index (χ0) is 20.0. The Kier molecular flexibility index (Phi) is 6.88. The van der Waals surface area contributed by atoms with Crippen molar-refractivity contribution >= 4 is 17.7 Å². The Hall–Kier alpha value is -2.95. The number of carbonyl (C=O) groups is 3. The van der Waals surface area contributed by atoms with Gasteiger partial charge in [-0.2, -0.15) is 0 Å². The fraction of sp³-hybridized carbons (Fsp3) is 0.318. The van der Waals surface area contributed by atoms with Gasteiger partial charge in [0, 0.05) is 11.1 Å². The highest BCUT2D eigenvalue weighted by molar-refractivity contribution is 6.09. The summed E-state index contributed by atoms with van der Waals surface area (Å²) in [5.41, 5.74) is 1.74. The Morgan fingerprint density at radius 3 is 2.15 bits per heavy atom. The lowest BCUT2D eigenvalue weighted by molar-refractivity contribution is -0.142. The zero-order valence-corrected chi connectivity index (χ0v) is 15.8. The minimum Gasteiger partial charge on any atom is -0.480 e. The molecule has 5 heteroatoms. The maximum atomic E-state index is 12.6. The van der Waals surface area contributed by atoms with Gasteiger partial charge in [-0.3, -0.25) is 9.59 Å². The summed E-state index contributed by atoms with van der Waals surface area (Å²) in [6.07, 6.45) is 0.361. The van der Waals surface area contributed by atoms with Crippen LogP contribution in [0.15, 0.2) is 54.6 Å². The van der Waals surface area contributed by atoms with Crippen molar-refractivity contribution in [2.24, 2.45) is 5.92 Å². The predicted octanol–water partition coefficient (Wildman–Crippen LogP) is 3.64. The molecule has 0 aliphatic heterocycles. The van der Waals surface area contributed by atoms with Gasteiger partial charge >= 0.3 is 5.97 Å². The predicted molar refractivity (Wildman–Crippen MR) is 104 cm³/mol. The van der Waals surface area contributed by atoms with Gasteiger partial charge in [0.1, 0.15) is 6.04 Å². The van der Waals surface area contributed by atoms with Crippen LogP contribution in [-0.2, 0) is 9.59 Å². The van der Waals surface area contributed by atoms with Gasteiger partial charge in [0.15, 0.2) is 5.78 Å². The van der Waals surface area contributed by atoms with Gasteiger partial charge in [0.25, 0.3) is 0 Å². The van der Waals surface area contributed by atoms with Crippen molar-refractivity contribution in [2.45, 2.75) is 39.2 Å². The van der Waals surface area contributed by atoms with E-state index in [1.807, 2.05) is 19.9 Å². The molecule has 2 rings (SSSR count). The molecular weight excluding hydrogens is 342 g/mol. The van der Waals surface area contributed by atoms with E-state index < -0.39 is 17.9 Å². The Balaban J connectivity index is 2.16. The van der Waals surface area contributed by atoms with Crippen LogP contribution in [0.5, 0.6) is 0 Å². The van der Waals surface area contributed by atoms with E-state index in [1.165, 1.54) is 0 Å². The van der Waals surface area contributed by atoms with E-state index in [-0.39, 0.29) is 17.6 Å². The third-order valence-electron chi connectivity index (χ3n) is 4.40. The van der Waals surface area contributed by atoms with Crippen molar-refractivity contribution in [3.63, 3.8) is 0 Å². The SMILES string of the molecule is CC(C)CC(NC(=O)C(C)c1cccc(C(=O)c2ccccc2)c1)C(=O)O. The lowest BCUT2D eigenvalue weighted by Gasteiger charge is -2.19. The quantitative estimate of drug-likeness (QED) is 0.698. The molecule has 1 amide bonds. The van der Waals surface area contributed by atoms with Crippen LogP contribution in [0, 0.1) is 5.92 Å². The maximum Gasteiger partial charge on any atom is 0.326 e. The van der Waals surface area contributed by atoms with Crippen LogP contribution in [0.1, 0.15) is 54.6 Å². The summed E-state index contributed by atoms with van der Waals surface area (Å²) in [7, 11) is 0. The van der Waals surface area contributed by atoms with Crippen LogP contribution in [0.2, 0.25) is 0 Å². The number of carboxylic acids is 1. The number of benzene rings is 2. The number of hydrogen-bond acceptors (Lipinski definition) is 3. The van der Waals surface area contributed by atoms with Gasteiger partial charge in [-0.1, -0.05) is 62.4 Å². The lowest BCUT2D eigenvalue weighted by atomic mass is 9.94. The molecular formula is C22H25NO4. The molecule has 0 saturated heterocycles. The highest BCUT2D eigenvalue weighted by Crippen LogP contribution is 2.20. The Bertz CT molecular complexity index is 814. The van der Waals surface area contributed by atoms with E-state index in [1.54, 1.807) is 55.5 Å². The van der Waals surface area contributed by atoms with Crippen molar-refractivity contribution in [1.29, 1.82) is 0 Å². The van der Waals surface area contributed by atoms with Gasteiger partial charge < -0.3 is 10.4 Å². The topological polar surface area (TPSA) is 83.5 Å². The molecule has 0 aliphatic rings. The van der Waals surface area contributed by atoms with E-state index in [2.05, 4.69) is 5.32 Å². The molecule has 0 aromatic heterocycles. The van der Waals surface area contributed by atoms with E-state index >= 15 is 0 Å². The normalized spacial score (nSPS) is 13.0. The van der Waals surface area contributed by atoms with Gasteiger partial charge in [-0.15, -0.1) is 0 Å². The number of carboxylic acid groups (broad SMARTS) is 1. The van der Waals surface area contributed by atoms with Gasteiger partial charge in [-0.05, 0) is 30.9 Å². The van der Waals surface area contributed by atoms with Crippen molar-refractivity contribution in [1.82, 2.24) is 5.32 Å². The Morgan fingerprint density at radius 1 is 0.926 bits per heavy atom. The first-order chi connectivity index (χ1) is 12.8. The number of hydrogen-bond donors (Lipinski definition) is 2. The van der Waals surface area contributed by atoms with Crippen molar-refractivity contribution in [3.05, 3.63) is 71.3 Å². The number of aliphatic carboxylic acids is 1. The molecule has 2 N–H and O–H groups in total. The molecule has 0 spiro atoms. The number of carbonyl (C=O) groups excluding carboxylic acids is 2. The first-order valence-corrected chi connectivity index (χ1v) is 9.02. The van der Waals surface area contributed by atoms with Crippen LogP contribution in [0.25, 0.3) is 0 Å². The summed E-state index contributed by atoms with van der Waals surface area (Å²) in [5.74, 6) is -1.95. The smallest absolute Gasteiger partial charge is 0.326 e. The molecule has 0 bridgehead atoms. The average molecular weight is 367 g/mol. The molecule has 0 radical (unpaired) electrons. The number of amides is 1. The minimum atomic E-state index is -1.04. The molecule has 0 saturated carbocycles. The third kappa shape index (κ3) is 5.51. The zero-order valence-electron chi connectivity index (χ0n) is 15.8. The standard InChI is InChI=1S/C22H25NO4/c1-14(2)12-19(22(26)27)23-21(25)15(3)17-10-7-11-18(13-17)20(24)16-8-5-4-6-9-16/h4-11,13-15,19H,12H2,1-3H3,(H,23,25)(H,26,27). The molecule has 2 aromatic carbocycles. The summed E-state index contributed by atoms with van der Waals surface area (Å²) in [4.78, 5) is 36.5. The highest BCUT2D eigenvalue weighted by Gasteiger charge is 2.25. The molecule has 2 aromatic rings. The Morgan fingerprint density at radius 2 is 1.56 bits per heavy atom. The minimum absolute atomic E-state index is 0.117. The summed E-state index contributed by atoms with van der Waals surface area (Å²) >= 11 is 0. The second-order valence-electron chi connectivity index (χ2n) is 7.07. The van der Waals surface area contributed by atoms with Crippen LogP contribution in [0.3, 0.4) is 0 Å². The lowest BCUT2D eigenvalue weighted by Crippen LogP contribution is -2.43. The van der Waals surface area contributed by atoms with E-state index in [4.69, 9.17) is 0 Å². The first kappa shape index (κ1) is 20.4. The van der Waals surface area contributed by atoms with Crippen LogP contribution >= 0.6 is 0 Å². The first-order valence-electron chi connectivity index (χ1n) is 9.02. The largest absolute Gasteiger partial charge is 0.480 e. The number of rotatable bonds is 8. The monoisotopic (exact) mass is 367 g/mol. The van der Waals surface area contributed by atoms with E-state index in [9.17, 15) is 19.5 Å².